The molecule has 2 aromatic rings. The van der Waals surface area contributed by atoms with E-state index in [4.69, 9.17) is 5.73 Å². The first-order valence-corrected chi connectivity index (χ1v) is 8.19. The molecule has 0 aromatic carbocycles. The Kier molecular flexibility index (Phi) is 4.48. The van der Waals surface area contributed by atoms with Crippen molar-refractivity contribution in [1.29, 1.82) is 0 Å². The van der Waals surface area contributed by atoms with Gasteiger partial charge in [-0.15, -0.1) is 11.3 Å². The molecule has 3 N–H and O–H groups in total. The number of thiazole rings is 2. The number of amides is 1. The number of carbonyl (C=O) groups excluding carboxylic acids is 1. The fraction of sp³-hybridized carbons (Fsp3) is 0.462. The largest absolute Gasteiger partial charge is 0.382 e. The number of nitrogens with zero attached hydrogens (tertiary/aromatic N) is 3. The maximum absolute atomic E-state index is 12.4. The molecule has 0 fully saturated rings. The molecule has 0 atom stereocenters. The second-order valence-corrected chi connectivity index (χ2v) is 7.47. The Morgan fingerprint density at radius 3 is 2.76 bits per heavy atom. The summed E-state index contributed by atoms with van der Waals surface area (Å²) in [6.07, 6.45) is 0. The fourth-order valence-electron chi connectivity index (χ4n) is 1.66. The molecule has 0 saturated heterocycles. The van der Waals surface area contributed by atoms with Gasteiger partial charge >= 0.3 is 0 Å². The van der Waals surface area contributed by atoms with E-state index in [0.717, 1.165) is 5.69 Å². The summed E-state index contributed by atoms with van der Waals surface area (Å²) >= 11 is 2.79. The van der Waals surface area contributed by atoms with E-state index in [1.807, 2.05) is 26.2 Å². The molecule has 0 aliphatic rings. The van der Waals surface area contributed by atoms with Gasteiger partial charge < -0.3 is 16.0 Å². The zero-order valence-electron chi connectivity index (χ0n) is 12.5. The van der Waals surface area contributed by atoms with Crippen LogP contribution in [0.1, 0.15) is 36.1 Å². The minimum Gasteiger partial charge on any atom is -0.382 e. The zero-order valence-corrected chi connectivity index (χ0v) is 14.1. The number of nitrogen functional groups attached to an aromatic ring is 1. The lowest BCUT2D eigenvalue weighted by molar-refractivity contribution is 0.0789. The van der Waals surface area contributed by atoms with Crippen LogP contribution in [0.5, 0.6) is 0 Å². The smallest absolute Gasteiger partial charge is 0.267 e. The summed E-state index contributed by atoms with van der Waals surface area (Å²) in [6, 6.07) is 0. The molecule has 0 aliphatic heterocycles. The quantitative estimate of drug-likeness (QED) is 0.903. The van der Waals surface area contributed by atoms with Crippen molar-refractivity contribution < 1.29 is 4.79 Å². The normalized spacial score (nSPS) is 11.4. The lowest BCUT2D eigenvalue weighted by Gasteiger charge is -2.19. The standard InChI is InChI=1S/C13H19N5OS2/c1-13(2,3)17-12-16-10(14)9(21-12)11(19)18(4)5-8-6-20-7-15-8/h6-7H,5,14H2,1-4H3,(H,16,17). The number of hydrogen-bond acceptors (Lipinski definition) is 7. The molecule has 0 spiro atoms. The summed E-state index contributed by atoms with van der Waals surface area (Å²) in [7, 11) is 1.73. The Morgan fingerprint density at radius 2 is 2.19 bits per heavy atom. The minimum atomic E-state index is -0.139. The van der Waals surface area contributed by atoms with Gasteiger partial charge in [-0.2, -0.15) is 0 Å². The average molecular weight is 325 g/mol. The summed E-state index contributed by atoms with van der Waals surface area (Å²) in [5, 5.41) is 5.81. The Labute approximate surface area is 132 Å². The molecule has 2 heterocycles. The van der Waals surface area contributed by atoms with Gasteiger partial charge in [0.1, 0.15) is 10.7 Å². The van der Waals surface area contributed by atoms with Crippen LogP contribution in [0.3, 0.4) is 0 Å². The van der Waals surface area contributed by atoms with Gasteiger partial charge in [0.15, 0.2) is 5.13 Å². The Morgan fingerprint density at radius 1 is 1.48 bits per heavy atom. The van der Waals surface area contributed by atoms with Gasteiger partial charge in [-0.25, -0.2) is 9.97 Å². The second-order valence-electron chi connectivity index (χ2n) is 5.75. The van der Waals surface area contributed by atoms with Gasteiger partial charge in [0.05, 0.1) is 17.7 Å². The number of nitrogens with two attached hydrogens (primary N) is 1. The molecule has 21 heavy (non-hydrogen) atoms. The molecule has 2 rings (SSSR count). The van der Waals surface area contributed by atoms with E-state index >= 15 is 0 Å². The van der Waals surface area contributed by atoms with E-state index in [2.05, 4.69) is 15.3 Å². The first-order chi connectivity index (χ1) is 9.76. The molecule has 1 amide bonds. The highest BCUT2D eigenvalue weighted by Gasteiger charge is 2.22. The first-order valence-electron chi connectivity index (χ1n) is 6.43. The summed E-state index contributed by atoms with van der Waals surface area (Å²) < 4.78 is 0. The summed E-state index contributed by atoms with van der Waals surface area (Å²) in [4.78, 5) is 22.9. The van der Waals surface area contributed by atoms with Crippen LogP contribution in [-0.4, -0.2) is 33.4 Å². The van der Waals surface area contributed by atoms with E-state index in [0.29, 0.717) is 16.6 Å². The van der Waals surface area contributed by atoms with Crippen LogP contribution >= 0.6 is 22.7 Å². The first kappa shape index (κ1) is 15.7. The van der Waals surface area contributed by atoms with Gasteiger partial charge in [-0.3, -0.25) is 4.79 Å². The van der Waals surface area contributed by atoms with Crippen molar-refractivity contribution in [3.05, 3.63) is 21.5 Å². The molecular weight excluding hydrogens is 306 g/mol. The van der Waals surface area contributed by atoms with Gasteiger partial charge in [-0.1, -0.05) is 11.3 Å². The molecule has 0 saturated carbocycles. The third-order valence-corrected chi connectivity index (χ3v) is 4.17. The van der Waals surface area contributed by atoms with Crippen molar-refractivity contribution >= 4 is 39.5 Å². The second kappa shape index (κ2) is 5.98. The number of carbonyl (C=O) groups is 1. The predicted molar refractivity (Wildman–Crippen MR) is 87.8 cm³/mol. The number of hydrogen-bond donors (Lipinski definition) is 2. The zero-order chi connectivity index (χ0) is 15.6. The lowest BCUT2D eigenvalue weighted by Crippen LogP contribution is -2.26. The molecule has 0 bridgehead atoms. The monoisotopic (exact) mass is 325 g/mol. The summed E-state index contributed by atoms with van der Waals surface area (Å²) in [6.45, 7) is 6.54. The van der Waals surface area contributed by atoms with Gasteiger partial charge in [-0.05, 0) is 20.8 Å². The number of rotatable bonds is 4. The average Bonchev–Trinajstić information content (AvgIpc) is 2.96. The molecule has 0 aliphatic carbocycles. The molecule has 0 radical (unpaired) electrons. The maximum Gasteiger partial charge on any atom is 0.267 e. The molecular formula is C13H19N5OS2. The van der Waals surface area contributed by atoms with Crippen LogP contribution in [-0.2, 0) is 6.54 Å². The maximum atomic E-state index is 12.4. The van der Waals surface area contributed by atoms with Crippen LogP contribution in [0.25, 0.3) is 0 Å². The minimum absolute atomic E-state index is 0.128. The number of aromatic nitrogens is 2. The molecule has 0 unspecified atom stereocenters. The number of nitrogens with one attached hydrogen (secondary N) is 1. The highest BCUT2D eigenvalue weighted by atomic mass is 32.1. The van der Waals surface area contributed by atoms with E-state index in [-0.39, 0.29) is 17.3 Å². The molecule has 8 heteroatoms. The third kappa shape index (κ3) is 4.15. The van der Waals surface area contributed by atoms with Crippen LogP contribution in [0.4, 0.5) is 10.9 Å². The van der Waals surface area contributed by atoms with Crippen molar-refractivity contribution in [2.75, 3.05) is 18.1 Å². The van der Waals surface area contributed by atoms with Gasteiger partial charge in [0, 0.05) is 18.0 Å². The van der Waals surface area contributed by atoms with E-state index in [1.54, 1.807) is 17.5 Å². The SMILES string of the molecule is CN(Cc1cscn1)C(=O)c1sc(NC(C)(C)C)nc1N. The van der Waals surface area contributed by atoms with E-state index in [9.17, 15) is 4.79 Å². The van der Waals surface area contributed by atoms with Crippen molar-refractivity contribution in [3.63, 3.8) is 0 Å². The Balaban J connectivity index is 2.11. The Hall–Kier alpha value is -1.67. The van der Waals surface area contributed by atoms with E-state index in [1.165, 1.54) is 22.7 Å². The lowest BCUT2D eigenvalue weighted by atomic mass is 10.1. The van der Waals surface area contributed by atoms with Crippen molar-refractivity contribution in [1.82, 2.24) is 14.9 Å². The van der Waals surface area contributed by atoms with Crippen LogP contribution in [0.2, 0.25) is 0 Å². The topological polar surface area (TPSA) is 84.1 Å². The predicted octanol–water partition coefficient (Wildman–Crippen LogP) is 2.66. The highest BCUT2D eigenvalue weighted by molar-refractivity contribution is 7.18. The van der Waals surface area contributed by atoms with Gasteiger partial charge in [0.25, 0.3) is 5.91 Å². The Bertz CT molecular complexity index is 615. The van der Waals surface area contributed by atoms with Crippen molar-refractivity contribution in [2.45, 2.75) is 32.9 Å². The van der Waals surface area contributed by atoms with Crippen molar-refractivity contribution in [2.24, 2.45) is 0 Å². The van der Waals surface area contributed by atoms with Crippen LogP contribution in [0, 0.1) is 0 Å². The summed E-state index contributed by atoms with van der Waals surface area (Å²) in [5.41, 5.74) is 8.36. The summed E-state index contributed by atoms with van der Waals surface area (Å²) in [5.74, 6) is 0.127. The van der Waals surface area contributed by atoms with Crippen molar-refractivity contribution in [3.8, 4) is 0 Å². The number of anilines is 2. The van der Waals surface area contributed by atoms with E-state index < -0.39 is 0 Å². The molecule has 6 nitrogen and oxygen atoms in total. The van der Waals surface area contributed by atoms with Gasteiger partial charge in [0.2, 0.25) is 0 Å². The van der Waals surface area contributed by atoms with Crippen LogP contribution in [0.15, 0.2) is 10.9 Å². The van der Waals surface area contributed by atoms with Crippen LogP contribution < -0.4 is 11.1 Å². The molecule has 2 aromatic heterocycles. The third-order valence-electron chi connectivity index (χ3n) is 2.56. The highest BCUT2D eigenvalue weighted by Crippen LogP contribution is 2.28. The molecule has 114 valence electrons. The fourth-order valence-corrected chi connectivity index (χ4v) is 3.30.